The Kier molecular flexibility index (Phi) is 6.27. The first-order valence-electron chi connectivity index (χ1n) is 6.71. The fraction of sp³-hybridized carbons (Fsp3) is 0.214. The molecule has 0 aliphatic rings. The summed E-state index contributed by atoms with van der Waals surface area (Å²) in [5.74, 6) is -0.921. The van der Waals surface area contributed by atoms with Gasteiger partial charge in [-0.15, -0.1) is 11.6 Å². The van der Waals surface area contributed by atoms with Crippen molar-refractivity contribution in [1.82, 2.24) is 4.98 Å². The van der Waals surface area contributed by atoms with E-state index >= 15 is 0 Å². The van der Waals surface area contributed by atoms with Crippen LogP contribution in [0.15, 0.2) is 24.4 Å². The molecule has 0 saturated carbocycles. The zero-order chi connectivity index (χ0) is 19.9. The van der Waals surface area contributed by atoms with Crippen molar-refractivity contribution in [2.45, 2.75) is 17.7 Å². The molecular formula is C14H9Cl3F4NO3P. The molecule has 4 nitrogen and oxygen atoms in total. The molecule has 0 aliphatic heterocycles. The summed E-state index contributed by atoms with van der Waals surface area (Å²) >= 11 is 17.3. The molecule has 2 N–H and O–H groups in total. The highest BCUT2D eigenvalue weighted by Gasteiger charge is 2.32. The lowest BCUT2D eigenvalue weighted by atomic mass is 10.0. The molecule has 0 bridgehead atoms. The maximum absolute atomic E-state index is 14.2. The zero-order valence-corrected chi connectivity index (χ0v) is 15.6. The Bertz CT molecular complexity index is 888. The minimum absolute atomic E-state index is 0.0733. The van der Waals surface area contributed by atoms with Gasteiger partial charge < -0.3 is 9.79 Å². The van der Waals surface area contributed by atoms with Gasteiger partial charge in [-0.3, -0.25) is 9.55 Å². The highest BCUT2D eigenvalue weighted by molar-refractivity contribution is 7.54. The predicted molar refractivity (Wildman–Crippen MR) is 90.0 cm³/mol. The van der Waals surface area contributed by atoms with Crippen LogP contribution in [-0.2, 0) is 17.2 Å². The van der Waals surface area contributed by atoms with Crippen LogP contribution in [-0.4, -0.2) is 19.9 Å². The highest BCUT2D eigenvalue weighted by Crippen LogP contribution is 2.46. The van der Waals surface area contributed by atoms with E-state index in [1.807, 2.05) is 0 Å². The van der Waals surface area contributed by atoms with E-state index in [1.54, 1.807) is 0 Å². The summed E-state index contributed by atoms with van der Waals surface area (Å²) in [7, 11) is -4.63. The Labute approximate surface area is 159 Å². The Morgan fingerprint density at radius 2 is 1.77 bits per heavy atom. The third kappa shape index (κ3) is 4.88. The molecule has 26 heavy (non-hydrogen) atoms. The molecule has 0 saturated heterocycles. The number of rotatable bonds is 4. The summed E-state index contributed by atoms with van der Waals surface area (Å²) in [4.78, 5) is 21.7. The van der Waals surface area contributed by atoms with Crippen molar-refractivity contribution >= 4 is 42.4 Å². The second-order valence-electron chi connectivity index (χ2n) is 5.20. The van der Waals surface area contributed by atoms with Gasteiger partial charge >= 0.3 is 13.8 Å². The SMILES string of the molecule is O=P(O)(O)C(Cl)Cc1cc(-c2ncc(C(F)(F)F)cc2Cl)c(F)cc1Cl. The lowest BCUT2D eigenvalue weighted by Gasteiger charge is -2.15. The van der Waals surface area contributed by atoms with Gasteiger partial charge in [0.1, 0.15) is 10.9 Å². The summed E-state index contributed by atoms with van der Waals surface area (Å²) in [6, 6.07) is 2.52. The average Bonchev–Trinajstić information content (AvgIpc) is 2.48. The van der Waals surface area contributed by atoms with Crippen LogP contribution in [0.5, 0.6) is 0 Å². The van der Waals surface area contributed by atoms with Crippen molar-refractivity contribution < 1.29 is 31.9 Å². The molecule has 12 heteroatoms. The maximum Gasteiger partial charge on any atom is 0.417 e. The van der Waals surface area contributed by atoms with E-state index in [4.69, 9.17) is 44.6 Å². The molecule has 0 spiro atoms. The first-order valence-corrected chi connectivity index (χ1v) is 9.58. The number of halogens is 7. The average molecular weight is 453 g/mol. The first kappa shape index (κ1) is 21.4. The lowest BCUT2D eigenvalue weighted by molar-refractivity contribution is -0.137. The summed E-state index contributed by atoms with van der Waals surface area (Å²) in [6.07, 6.45) is -4.58. The van der Waals surface area contributed by atoms with Gasteiger partial charge in [-0.25, -0.2) is 4.39 Å². The van der Waals surface area contributed by atoms with Gasteiger partial charge in [0.05, 0.1) is 16.3 Å². The fourth-order valence-corrected chi connectivity index (χ4v) is 3.12. The second-order valence-corrected chi connectivity index (χ2v) is 8.65. The van der Waals surface area contributed by atoms with Crippen molar-refractivity contribution in [3.8, 4) is 11.3 Å². The number of alkyl halides is 4. The molecule has 2 rings (SSSR count). The van der Waals surface area contributed by atoms with Gasteiger partial charge in [-0.2, -0.15) is 13.2 Å². The van der Waals surface area contributed by atoms with Gasteiger partial charge in [0, 0.05) is 23.2 Å². The number of hydrogen-bond donors (Lipinski definition) is 2. The zero-order valence-electron chi connectivity index (χ0n) is 12.4. The van der Waals surface area contributed by atoms with Crippen LogP contribution in [0.4, 0.5) is 17.6 Å². The van der Waals surface area contributed by atoms with Crippen LogP contribution >= 0.6 is 42.4 Å². The van der Waals surface area contributed by atoms with Crippen LogP contribution in [0.1, 0.15) is 11.1 Å². The van der Waals surface area contributed by atoms with Crippen molar-refractivity contribution in [2.24, 2.45) is 0 Å². The van der Waals surface area contributed by atoms with Gasteiger partial charge in [0.2, 0.25) is 0 Å². The normalized spacial score (nSPS) is 13.7. The number of aromatic nitrogens is 1. The van der Waals surface area contributed by atoms with Gasteiger partial charge in [0.25, 0.3) is 0 Å². The van der Waals surface area contributed by atoms with E-state index in [0.717, 1.165) is 12.1 Å². The monoisotopic (exact) mass is 451 g/mol. The molecule has 142 valence electrons. The highest BCUT2D eigenvalue weighted by atomic mass is 35.5. The van der Waals surface area contributed by atoms with Crippen molar-refractivity contribution in [1.29, 1.82) is 0 Å². The molecule has 0 radical (unpaired) electrons. The topological polar surface area (TPSA) is 70.4 Å². The van der Waals surface area contributed by atoms with Crippen LogP contribution in [0.25, 0.3) is 11.3 Å². The Hall–Kier alpha value is -0.890. The summed E-state index contributed by atoms with van der Waals surface area (Å²) < 4.78 is 63.4. The van der Waals surface area contributed by atoms with E-state index < -0.39 is 41.7 Å². The van der Waals surface area contributed by atoms with Gasteiger partial charge in [0.15, 0.2) is 0 Å². The molecule has 2 aromatic rings. The van der Waals surface area contributed by atoms with E-state index in [0.29, 0.717) is 12.3 Å². The third-order valence-corrected chi connectivity index (χ3v) is 5.78. The van der Waals surface area contributed by atoms with Crippen molar-refractivity contribution in [3.63, 3.8) is 0 Å². The minimum atomic E-state index is -4.67. The number of benzene rings is 1. The number of pyridine rings is 1. The van der Waals surface area contributed by atoms with E-state index in [9.17, 15) is 22.1 Å². The Morgan fingerprint density at radius 1 is 1.15 bits per heavy atom. The number of hydrogen-bond acceptors (Lipinski definition) is 2. The molecule has 1 aromatic carbocycles. The largest absolute Gasteiger partial charge is 0.417 e. The fourth-order valence-electron chi connectivity index (χ4n) is 2.02. The molecule has 1 unspecified atom stereocenters. The standard InChI is InChI=1S/C14H9Cl3F4NO3P/c15-9-4-11(18)8(1-6(9)2-12(17)26(23,24)25)13-10(16)3-7(5-22-13)14(19,20)21/h1,3-5,12H,2H2,(H2,23,24,25). The van der Waals surface area contributed by atoms with Crippen LogP contribution in [0.2, 0.25) is 10.0 Å². The summed E-state index contributed by atoms with van der Waals surface area (Å²) in [5, 5.41) is -2.23. The second kappa shape index (κ2) is 7.62. The maximum atomic E-state index is 14.2. The van der Waals surface area contributed by atoms with Crippen LogP contribution in [0.3, 0.4) is 0 Å². The Balaban J connectivity index is 2.51. The van der Waals surface area contributed by atoms with Gasteiger partial charge in [-0.1, -0.05) is 23.2 Å². The lowest BCUT2D eigenvalue weighted by Crippen LogP contribution is -2.07. The van der Waals surface area contributed by atoms with E-state index in [2.05, 4.69) is 4.98 Å². The van der Waals surface area contributed by atoms with Gasteiger partial charge in [-0.05, 0) is 23.8 Å². The summed E-state index contributed by atoms with van der Waals surface area (Å²) in [6.45, 7) is 0. The minimum Gasteiger partial charge on any atom is -0.323 e. The van der Waals surface area contributed by atoms with Crippen LogP contribution in [0, 0.1) is 5.82 Å². The Morgan fingerprint density at radius 3 is 2.27 bits per heavy atom. The molecular weight excluding hydrogens is 443 g/mol. The first-order chi connectivity index (χ1) is 11.8. The quantitative estimate of drug-likeness (QED) is 0.365. The predicted octanol–water partition coefficient (Wildman–Crippen LogP) is 5.50. The van der Waals surface area contributed by atoms with E-state index in [1.165, 1.54) is 0 Å². The van der Waals surface area contributed by atoms with E-state index in [-0.39, 0.29) is 21.8 Å². The molecule has 1 aromatic heterocycles. The van der Waals surface area contributed by atoms with Crippen molar-refractivity contribution in [2.75, 3.05) is 0 Å². The molecule has 0 aliphatic carbocycles. The number of nitrogens with zero attached hydrogens (tertiary/aromatic N) is 1. The van der Waals surface area contributed by atoms with Crippen LogP contribution < -0.4 is 0 Å². The molecule has 1 atom stereocenters. The molecule has 1 heterocycles. The molecule has 0 amide bonds. The summed E-state index contributed by atoms with van der Waals surface area (Å²) in [5.41, 5.74) is -1.59. The van der Waals surface area contributed by atoms with Crippen molar-refractivity contribution in [3.05, 3.63) is 51.4 Å². The smallest absolute Gasteiger partial charge is 0.323 e. The molecule has 0 fully saturated rings. The third-order valence-electron chi connectivity index (χ3n) is 3.31.